The second kappa shape index (κ2) is 7.38. The van der Waals surface area contributed by atoms with Crippen molar-refractivity contribution >= 4 is 5.91 Å². The molecule has 1 aliphatic carbocycles. The molecule has 0 saturated heterocycles. The van der Waals surface area contributed by atoms with Gasteiger partial charge < -0.3 is 15.2 Å². The number of amides is 1. The summed E-state index contributed by atoms with van der Waals surface area (Å²) in [5.41, 5.74) is -0.999. The molecule has 1 aromatic rings. The quantitative estimate of drug-likeness (QED) is 0.837. The highest BCUT2D eigenvalue weighted by Gasteiger charge is 2.41. The fraction of sp³-hybridized carbons (Fsp3) is 0.500. The zero-order chi connectivity index (χ0) is 16.9. The Morgan fingerprint density at radius 1 is 1.39 bits per heavy atom. The number of nitrogens with one attached hydrogen (secondary N) is 1. The highest BCUT2D eigenvalue weighted by atomic mass is 19.2. The molecule has 7 heteroatoms. The van der Waals surface area contributed by atoms with Crippen molar-refractivity contribution in [3.63, 3.8) is 0 Å². The number of rotatable bonds is 6. The van der Waals surface area contributed by atoms with Gasteiger partial charge in [-0.3, -0.25) is 4.79 Å². The van der Waals surface area contributed by atoms with Gasteiger partial charge in [-0.1, -0.05) is 12.8 Å². The van der Waals surface area contributed by atoms with Crippen LogP contribution in [0, 0.1) is 28.4 Å². The lowest BCUT2D eigenvalue weighted by molar-refractivity contribution is -0.128. The molecule has 0 aliphatic heterocycles. The lowest BCUT2D eigenvalue weighted by Gasteiger charge is -2.20. The molecule has 1 aliphatic rings. The third-order valence-corrected chi connectivity index (χ3v) is 3.94. The number of hydrogen-bond acceptors (Lipinski definition) is 4. The van der Waals surface area contributed by atoms with Gasteiger partial charge in [-0.25, -0.2) is 8.78 Å². The molecule has 2 rings (SSSR count). The molecular weight excluding hydrogens is 306 g/mol. The van der Waals surface area contributed by atoms with E-state index in [0.717, 1.165) is 25.0 Å². The summed E-state index contributed by atoms with van der Waals surface area (Å²) in [6, 6.07) is 5.12. The monoisotopic (exact) mass is 324 g/mol. The number of aliphatic hydroxyl groups is 1. The summed E-state index contributed by atoms with van der Waals surface area (Å²) in [4.78, 5) is 12.1. The molecule has 1 aromatic carbocycles. The van der Waals surface area contributed by atoms with Gasteiger partial charge >= 0.3 is 0 Å². The summed E-state index contributed by atoms with van der Waals surface area (Å²) in [6.07, 6.45) is 1.70. The average molecular weight is 324 g/mol. The molecule has 2 N–H and O–H groups in total. The van der Waals surface area contributed by atoms with E-state index in [1.54, 1.807) is 0 Å². The standard InChI is InChI=1S/C16H18F2N2O3/c17-13-4-3-12(7-14(13)18)23-9-11(21)8-20-15(22)16(10-19)5-1-2-6-16/h3-4,7,11,21H,1-2,5-6,8-9H2,(H,20,22). The summed E-state index contributed by atoms with van der Waals surface area (Å²) < 4.78 is 30.9. The van der Waals surface area contributed by atoms with E-state index in [1.165, 1.54) is 6.07 Å². The molecule has 23 heavy (non-hydrogen) atoms. The van der Waals surface area contributed by atoms with Crippen LogP contribution in [-0.4, -0.2) is 30.3 Å². The van der Waals surface area contributed by atoms with E-state index >= 15 is 0 Å². The lowest BCUT2D eigenvalue weighted by Crippen LogP contribution is -2.43. The van der Waals surface area contributed by atoms with Crippen LogP contribution in [-0.2, 0) is 4.79 Å². The van der Waals surface area contributed by atoms with Crippen LogP contribution in [0.3, 0.4) is 0 Å². The Labute approximate surface area is 132 Å². The zero-order valence-electron chi connectivity index (χ0n) is 12.5. The summed E-state index contributed by atoms with van der Waals surface area (Å²) in [6.45, 7) is -0.267. The Hall–Kier alpha value is -2.20. The van der Waals surface area contributed by atoms with Crippen LogP contribution in [0.4, 0.5) is 8.78 Å². The number of carbonyl (C=O) groups excluding carboxylic acids is 1. The number of nitriles is 1. The first kappa shape index (κ1) is 17.2. The molecule has 1 saturated carbocycles. The number of carbonyl (C=O) groups is 1. The minimum absolute atomic E-state index is 0.0774. The first-order valence-corrected chi connectivity index (χ1v) is 7.42. The minimum atomic E-state index is -1.04. The third kappa shape index (κ3) is 4.17. The first-order chi connectivity index (χ1) is 11.0. The number of nitrogens with zero attached hydrogens (tertiary/aromatic N) is 1. The van der Waals surface area contributed by atoms with Crippen molar-refractivity contribution in [2.45, 2.75) is 31.8 Å². The fourth-order valence-corrected chi connectivity index (χ4v) is 2.57. The molecule has 1 atom stereocenters. The van der Waals surface area contributed by atoms with Gasteiger partial charge in [-0.05, 0) is 25.0 Å². The Balaban J connectivity index is 1.78. The van der Waals surface area contributed by atoms with E-state index in [-0.39, 0.29) is 24.8 Å². The average Bonchev–Trinajstić information content (AvgIpc) is 3.04. The Morgan fingerprint density at radius 3 is 2.70 bits per heavy atom. The number of ether oxygens (including phenoxy) is 1. The van der Waals surface area contributed by atoms with E-state index < -0.39 is 23.2 Å². The minimum Gasteiger partial charge on any atom is -0.491 e. The van der Waals surface area contributed by atoms with E-state index in [0.29, 0.717) is 12.8 Å². The van der Waals surface area contributed by atoms with E-state index in [1.807, 2.05) is 0 Å². The largest absolute Gasteiger partial charge is 0.491 e. The maximum Gasteiger partial charge on any atom is 0.240 e. The van der Waals surface area contributed by atoms with Crippen molar-refractivity contribution in [2.75, 3.05) is 13.2 Å². The van der Waals surface area contributed by atoms with Crippen LogP contribution in [0.5, 0.6) is 5.75 Å². The van der Waals surface area contributed by atoms with Crippen LogP contribution < -0.4 is 10.1 Å². The van der Waals surface area contributed by atoms with E-state index in [4.69, 9.17) is 4.74 Å². The highest BCUT2D eigenvalue weighted by molar-refractivity contribution is 5.85. The Kier molecular flexibility index (Phi) is 5.50. The smallest absolute Gasteiger partial charge is 0.240 e. The van der Waals surface area contributed by atoms with E-state index in [9.17, 15) is 23.9 Å². The second-order valence-electron chi connectivity index (χ2n) is 5.65. The molecule has 0 heterocycles. The van der Waals surface area contributed by atoms with Crippen molar-refractivity contribution in [2.24, 2.45) is 5.41 Å². The van der Waals surface area contributed by atoms with E-state index in [2.05, 4.69) is 11.4 Å². The van der Waals surface area contributed by atoms with Gasteiger partial charge in [0.1, 0.15) is 23.9 Å². The van der Waals surface area contributed by atoms with Crippen LogP contribution in [0.25, 0.3) is 0 Å². The lowest BCUT2D eigenvalue weighted by atomic mass is 9.87. The van der Waals surface area contributed by atoms with Crippen LogP contribution in [0.2, 0.25) is 0 Å². The van der Waals surface area contributed by atoms with Gasteiger partial charge in [0.2, 0.25) is 5.91 Å². The summed E-state index contributed by atoms with van der Waals surface area (Å²) in [7, 11) is 0. The normalized spacial score (nSPS) is 17.3. The molecule has 0 spiro atoms. The fourth-order valence-electron chi connectivity index (χ4n) is 2.57. The van der Waals surface area contributed by atoms with Crippen LogP contribution in [0.1, 0.15) is 25.7 Å². The molecule has 0 aromatic heterocycles. The zero-order valence-corrected chi connectivity index (χ0v) is 12.5. The molecule has 124 valence electrons. The van der Waals surface area contributed by atoms with Crippen molar-refractivity contribution in [3.8, 4) is 11.8 Å². The third-order valence-electron chi connectivity index (χ3n) is 3.94. The van der Waals surface area contributed by atoms with Crippen LogP contribution in [0.15, 0.2) is 18.2 Å². The van der Waals surface area contributed by atoms with Gasteiger partial charge in [0, 0.05) is 12.6 Å². The van der Waals surface area contributed by atoms with Crippen molar-refractivity contribution in [1.82, 2.24) is 5.32 Å². The SMILES string of the molecule is N#CC1(C(=O)NCC(O)COc2ccc(F)c(F)c2)CCCC1. The summed E-state index contributed by atoms with van der Waals surface area (Å²) in [5.74, 6) is -2.33. The highest BCUT2D eigenvalue weighted by Crippen LogP contribution is 2.37. The molecule has 5 nitrogen and oxygen atoms in total. The molecule has 1 fully saturated rings. The Morgan fingerprint density at radius 2 is 2.09 bits per heavy atom. The molecule has 0 radical (unpaired) electrons. The molecule has 1 unspecified atom stereocenters. The van der Waals surface area contributed by atoms with Gasteiger partial charge in [-0.2, -0.15) is 5.26 Å². The maximum atomic E-state index is 13.0. The molecule has 0 bridgehead atoms. The van der Waals surface area contributed by atoms with Crippen molar-refractivity contribution in [1.29, 1.82) is 5.26 Å². The molecular formula is C16H18F2N2O3. The van der Waals surface area contributed by atoms with Gasteiger partial charge in [-0.15, -0.1) is 0 Å². The number of halogens is 2. The van der Waals surface area contributed by atoms with Crippen molar-refractivity contribution in [3.05, 3.63) is 29.8 Å². The molecule has 1 amide bonds. The van der Waals surface area contributed by atoms with Gasteiger partial charge in [0.25, 0.3) is 0 Å². The first-order valence-electron chi connectivity index (χ1n) is 7.42. The number of benzene rings is 1. The maximum absolute atomic E-state index is 13.0. The number of aliphatic hydroxyl groups excluding tert-OH is 1. The topological polar surface area (TPSA) is 82.4 Å². The van der Waals surface area contributed by atoms with Gasteiger partial charge in [0.05, 0.1) is 6.07 Å². The van der Waals surface area contributed by atoms with Crippen molar-refractivity contribution < 1.29 is 23.4 Å². The second-order valence-corrected chi connectivity index (χ2v) is 5.65. The summed E-state index contributed by atoms with van der Waals surface area (Å²) >= 11 is 0. The van der Waals surface area contributed by atoms with Gasteiger partial charge in [0.15, 0.2) is 11.6 Å². The predicted molar refractivity (Wildman–Crippen MR) is 77.4 cm³/mol. The predicted octanol–water partition coefficient (Wildman–Crippen LogP) is 1.90. The number of hydrogen-bond donors (Lipinski definition) is 2. The Bertz CT molecular complexity index is 610. The summed E-state index contributed by atoms with van der Waals surface area (Å²) in [5, 5.41) is 21.5. The van der Waals surface area contributed by atoms with Crippen LogP contribution >= 0.6 is 0 Å².